The van der Waals surface area contributed by atoms with E-state index in [-0.39, 0.29) is 11.3 Å². The largest absolute Gasteiger partial charge is 0.573 e. The molecule has 0 aliphatic rings. The van der Waals surface area contributed by atoms with E-state index in [0.717, 1.165) is 12.1 Å². The molecule has 0 amide bonds. The smallest absolute Gasteiger partial charge is 0.403 e. The molecule has 0 saturated heterocycles. The van der Waals surface area contributed by atoms with E-state index in [1.807, 2.05) is 13.0 Å². The monoisotopic (exact) mass is 333 g/mol. The number of benzene rings is 1. The Labute approximate surface area is 116 Å². The fourth-order valence-corrected chi connectivity index (χ4v) is 2.41. The third kappa shape index (κ3) is 3.37. The lowest BCUT2D eigenvalue weighted by molar-refractivity contribution is -0.274. The quantitative estimate of drug-likeness (QED) is 0.801. The van der Waals surface area contributed by atoms with Crippen LogP contribution in [-0.4, -0.2) is 11.3 Å². The average molecular weight is 334 g/mol. The first kappa shape index (κ1) is 14.1. The maximum atomic E-state index is 12.4. The first-order chi connectivity index (χ1) is 8.90. The van der Waals surface area contributed by atoms with Crippen LogP contribution < -0.4 is 4.74 Å². The lowest BCUT2D eigenvalue weighted by Crippen LogP contribution is -2.17. The van der Waals surface area contributed by atoms with E-state index < -0.39 is 6.36 Å². The van der Waals surface area contributed by atoms with Crippen LogP contribution >= 0.6 is 15.9 Å². The molecule has 1 aromatic heterocycles. The van der Waals surface area contributed by atoms with E-state index >= 15 is 0 Å². The zero-order valence-electron chi connectivity index (χ0n) is 10.1. The average Bonchev–Trinajstić information content (AvgIpc) is 2.29. The molecule has 102 valence electrons. The molecule has 0 atom stereocenters. The highest BCUT2D eigenvalue weighted by molar-refractivity contribution is 9.10. The topological polar surface area (TPSA) is 22.1 Å². The molecule has 2 rings (SSSR count). The third-order valence-corrected chi connectivity index (χ3v) is 3.19. The predicted molar refractivity (Wildman–Crippen MR) is 70.1 cm³/mol. The number of aromatic nitrogens is 1. The van der Waals surface area contributed by atoms with Gasteiger partial charge in [0.15, 0.2) is 5.75 Å². The minimum atomic E-state index is -4.72. The fourth-order valence-electron chi connectivity index (χ4n) is 1.82. The molecule has 0 radical (unpaired) electrons. The van der Waals surface area contributed by atoms with Crippen molar-refractivity contribution in [2.45, 2.75) is 26.1 Å². The van der Waals surface area contributed by atoms with Crippen LogP contribution in [0.1, 0.15) is 19.0 Å². The molecule has 0 spiro atoms. The van der Waals surface area contributed by atoms with Gasteiger partial charge in [0.25, 0.3) is 0 Å². The van der Waals surface area contributed by atoms with E-state index in [0.29, 0.717) is 16.3 Å². The number of aryl methyl sites for hydroxylation is 1. The number of hydrogen-bond acceptors (Lipinski definition) is 2. The van der Waals surface area contributed by atoms with E-state index in [9.17, 15) is 13.2 Å². The van der Waals surface area contributed by atoms with Crippen LogP contribution in [-0.2, 0) is 6.42 Å². The van der Waals surface area contributed by atoms with Crippen LogP contribution in [0.3, 0.4) is 0 Å². The molecule has 0 bridgehead atoms. The van der Waals surface area contributed by atoms with Gasteiger partial charge in [0.1, 0.15) is 5.52 Å². The molecule has 0 aliphatic carbocycles. The Morgan fingerprint density at radius 3 is 2.68 bits per heavy atom. The lowest BCUT2D eigenvalue weighted by atomic mass is 10.1. The Morgan fingerprint density at radius 2 is 2.05 bits per heavy atom. The maximum Gasteiger partial charge on any atom is 0.573 e. The number of alkyl halides is 3. The Balaban J connectivity index is 2.58. The number of hydrogen-bond donors (Lipinski definition) is 0. The molecule has 1 aromatic carbocycles. The van der Waals surface area contributed by atoms with Gasteiger partial charge in [-0.1, -0.05) is 41.4 Å². The van der Waals surface area contributed by atoms with Crippen molar-refractivity contribution in [1.29, 1.82) is 0 Å². The first-order valence-corrected chi connectivity index (χ1v) is 6.54. The number of pyridine rings is 1. The van der Waals surface area contributed by atoms with Crippen molar-refractivity contribution >= 4 is 26.8 Å². The zero-order valence-corrected chi connectivity index (χ0v) is 11.7. The number of rotatable bonds is 3. The molecular formula is C13H11BrF3NO. The van der Waals surface area contributed by atoms with E-state index in [1.54, 1.807) is 6.07 Å². The molecular weight excluding hydrogens is 323 g/mol. The van der Waals surface area contributed by atoms with Crippen LogP contribution in [0.25, 0.3) is 10.9 Å². The summed E-state index contributed by atoms with van der Waals surface area (Å²) in [4.78, 5) is 4.25. The van der Waals surface area contributed by atoms with Gasteiger partial charge < -0.3 is 4.74 Å². The van der Waals surface area contributed by atoms with Crippen molar-refractivity contribution in [3.63, 3.8) is 0 Å². The normalized spacial score (nSPS) is 11.8. The minimum Gasteiger partial charge on any atom is -0.403 e. The van der Waals surface area contributed by atoms with Gasteiger partial charge in [-0.25, -0.2) is 4.98 Å². The van der Waals surface area contributed by atoms with Crippen molar-refractivity contribution in [2.75, 3.05) is 0 Å². The van der Waals surface area contributed by atoms with Crippen molar-refractivity contribution in [1.82, 2.24) is 4.98 Å². The van der Waals surface area contributed by atoms with Gasteiger partial charge in [0.2, 0.25) is 0 Å². The number of nitrogens with zero attached hydrogens (tertiary/aromatic N) is 1. The van der Waals surface area contributed by atoms with Crippen LogP contribution in [0.4, 0.5) is 13.2 Å². The van der Waals surface area contributed by atoms with Crippen molar-refractivity contribution < 1.29 is 17.9 Å². The van der Waals surface area contributed by atoms with Crippen molar-refractivity contribution in [2.24, 2.45) is 0 Å². The summed E-state index contributed by atoms with van der Waals surface area (Å²) >= 11 is 3.35. The van der Waals surface area contributed by atoms with Crippen LogP contribution in [0.15, 0.2) is 28.7 Å². The molecule has 0 saturated carbocycles. The van der Waals surface area contributed by atoms with E-state index in [1.165, 1.54) is 12.1 Å². The Bertz CT molecular complexity index is 598. The minimum absolute atomic E-state index is 0.220. The Hall–Kier alpha value is -1.30. The Morgan fingerprint density at radius 1 is 1.32 bits per heavy atom. The maximum absolute atomic E-state index is 12.4. The summed E-state index contributed by atoms with van der Waals surface area (Å²) in [7, 11) is 0. The highest BCUT2D eigenvalue weighted by Crippen LogP contribution is 2.33. The molecule has 0 unspecified atom stereocenters. The van der Waals surface area contributed by atoms with Gasteiger partial charge in [0.05, 0.1) is 0 Å². The first-order valence-electron chi connectivity index (χ1n) is 5.74. The second-order valence-electron chi connectivity index (χ2n) is 4.05. The Kier molecular flexibility index (Phi) is 3.99. The van der Waals surface area contributed by atoms with Gasteiger partial charge >= 0.3 is 6.36 Å². The number of fused-ring (bicyclic) bond motifs is 1. The molecule has 19 heavy (non-hydrogen) atoms. The van der Waals surface area contributed by atoms with Gasteiger partial charge in [-0.15, -0.1) is 13.2 Å². The fraction of sp³-hybridized carbons (Fsp3) is 0.308. The zero-order chi connectivity index (χ0) is 14.0. The molecule has 2 aromatic rings. The van der Waals surface area contributed by atoms with Crippen molar-refractivity contribution in [3.8, 4) is 5.75 Å². The lowest BCUT2D eigenvalue weighted by Gasteiger charge is -2.12. The molecule has 0 aliphatic heterocycles. The van der Waals surface area contributed by atoms with E-state index in [2.05, 4.69) is 25.7 Å². The summed E-state index contributed by atoms with van der Waals surface area (Å²) in [6.07, 6.45) is -3.15. The summed E-state index contributed by atoms with van der Waals surface area (Å²) in [5.41, 5.74) is 0.956. The third-order valence-electron chi connectivity index (χ3n) is 2.54. The van der Waals surface area contributed by atoms with Crippen molar-refractivity contribution in [3.05, 3.63) is 34.4 Å². The van der Waals surface area contributed by atoms with E-state index in [4.69, 9.17) is 0 Å². The molecule has 0 N–H and O–H groups in total. The number of para-hydroxylation sites is 1. The SMILES string of the molecule is CCCc1cc(Br)c2cccc(OC(F)(F)F)c2n1. The number of ether oxygens (including phenoxy) is 1. The van der Waals surface area contributed by atoms with Gasteiger partial charge in [-0.2, -0.15) is 0 Å². The van der Waals surface area contributed by atoms with Gasteiger partial charge in [0, 0.05) is 15.6 Å². The van der Waals surface area contributed by atoms with Crippen LogP contribution in [0, 0.1) is 0 Å². The predicted octanol–water partition coefficient (Wildman–Crippen LogP) is 4.85. The standard InChI is InChI=1S/C13H11BrF3NO/c1-2-4-8-7-10(14)9-5-3-6-11(12(9)18-8)19-13(15,16)17/h3,5-7H,2,4H2,1H3. The molecule has 2 nitrogen and oxygen atoms in total. The molecule has 6 heteroatoms. The van der Waals surface area contributed by atoms with Crippen LogP contribution in [0.2, 0.25) is 0 Å². The summed E-state index contributed by atoms with van der Waals surface area (Å²) in [6.45, 7) is 1.98. The van der Waals surface area contributed by atoms with Gasteiger partial charge in [-0.05, 0) is 18.6 Å². The summed E-state index contributed by atoms with van der Waals surface area (Å²) in [5, 5.41) is 0.599. The highest BCUT2D eigenvalue weighted by atomic mass is 79.9. The number of halogens is 4. The molecule has 0 fully saturated rings. The second kappa shape index (κ2) is 5.36. The highest BCUT2D eigenvalue weighted by Gasteiger charge is 2.32. The van der Waals surface area contributed by atoms with Crippen LogP contribution in [0.5, 0.6) is 5.75 Å². The summed E-state index contributed by atoms with van der Waals surface area (Å²) in [6, 6.07) is 6.30. The van der Waals surface area contributed by atoms with Gasteiger partial charge in [-0.3, -0.25) is 0 Å². The second-order valence-corrected chi connectivity index (χ2v) is 4.90. The summed E-state index contributed by atoms with van der Waals surface area (Å²) in [5.74, 6) is -0.274. The molecule has 1 heterocycles. The summed E-state index contributed by atoms with van der Waals surface area (Å²) < 4.78 is 41.8.